The van der Waals surface area contributed by atoms with Gasteiger partial charge < -0.3 is 9.84 Å². The van der Waals surface area contributed by atoms with E-state index in [0.29, 0.717) is 6.61 Å². The van der Waals surface area contributed by atoms with E-state index in [1.165, 1.54) is 6.92 Å². The van der Waals surface area contributed by atoms with Crippen molar-refractivity contribution in [2.75, 3.05) is 12.4 Å². The number of nitrogens with one attached hydrogen (secondary N) is 1. The molecule has 0 aliphatic rings. The van der Waals surface area contributed by atoms with Gasteiger partial charge in [-0.15, -0.1) is 0 Å². The molecule has 1 aromatic rings. The quantitative estimate of drug-likeness (QED) is 0.683. The van der Waals surface area contributed by atoms with Gasteiger partial charge in [0.1, 0.15) is 6.04 Å². The molecule has 0 bridgehead atoms. The summed E-state index contributed by atoms with van der Waals surface area (Å²) in [7, 11) is -3.64. The maximum Gasteiger partial charge on any atom is 0.321 e. The van der Waals surface area contributed by atoms with Crippen molar-refractivity contribution in [3.05, 3.63) is 35.9 Å². The molecule has 0 saturated heterocycles. The minimum Gasteiger partial charge on any atom is -0.480 e. The van der Waals surface area contributed by atoms with Crippen LogP contribution in [-0.2, 0) is 26.2 Å². The van der Waals surface area contributed by atoms with Crippen molar-refractivity contribution >= 4 is 16.0 Å². The van der Waals surface area contributed by atoms with Crippen molar-refractivity contribution in [3.8, 4) is 0 Å². The summed E-state index contributed by atoms with van der Waals surface area (Å²) in [4.78, 5) is 10.5. The fourth-order valence-electron chi connectivity index (χ4n) is 1.31. The monoisotopic (exact) mass is 287 g/mol. The molecule has 0 amide bonds. The van der Waals surface area contributed by atoms with Crippen LogP contribution in [0.25, 0.3) is 0 Å². The first-order chi connectivity index (χ1) is 8.91. The lowest BCUT2D eigenvalue weighted by Gasteiger charge is -2.10. The van der Waals surface area contributed by atoms with E-state index in [0.717, 1.165) is 5.56 Å². The van der Waals surface area contributed by atoms with E-state index in [1.54, 1.807) is 0 Å². The van der Waals surface area contributed by atoms with E-state index in [4.69, 9.17) is 9.84 Å². The summed E-state index contributed by atoms with van der Waals surface area (Å²) in [6.07, 6.45) is 0. The fraction of sp³-hybridized carbons (Fsp3) is 0.417. The van der Waals surface area contributed by atoms with Gasteiger partial charge >= 0.3 is 5.97 Å². The molecule has 1 atom stereocenters. The SMILES string of the molecule is C[C@@H](NS(=O)(=O)CCOCc1ccccc1)C(=O)O. The zero-order valence-corrected chi connectivity index (χ0v) is 11.4. The minimum absolute atomic E-state index is 0.0105. The number of carboxylic acids is 1. The van der Waals surface area contributed by atoms with Crippen LogP contribution in [0.15, 0.2) is 30.3 Å². The molecule has 106 valence electrons. The van der Waals surface area contributed by atoms with Crippen molar-refractivity contribution in [3.63, 3.8) is 0 Å². The first-order valence-corrected chi connectivity index (χ1v) is 7.40. The zero-order valence-electron chi connectivity index (χ0n) is 10.6. The fourth-order valence-corrected chi connectivity index (χ4v) is 2.41. The average Bonchev–Trinajstić information content (AvgIpc) is 2.35. The molecule has 0 aliphatic heterocycles. The summed E-state index contributed by atoms with van der Waals surface area (Å²) >= 11 is 0. The smallest absolute Gasteiger partial charge is 0.321 e. The van der Waals surface area contributed by atoms with Crippen LogP contribution in [0.1, 0.15) is 12.5 Å². The Morgan fingerprint density at radius 1 is 1.37 bits per heavy atom. The summed E-state index contributed by atoms with van der Waals surface area (Å²) in [5.74, 6) is -1.48. The van der Waals surface area contributed by atoms with Crippen molar-refractivity contribution in [1.82, 2.24) is 4.72 Å². The lowest BCUT2D eigenvalue weighted by Crippen LogP contribution is -2.40. The molecule has 0 spiro atoms. The van der Waals surface area contributed by atoms with Gasteiger partial charge in [0, 0.05) is 0 Å². The van der Waals surface area contributed by atoms with Gasteiger partial charge in [0.25, 0.3) is 0 Å². The molecule has 0 aliphatic carbocycles. The van der Waals surface area contributed by atoms with E-state index in [1.807, 2.05) is 35.1 Å². The highest BCUT2D eigenvalue weighted by molar-refractivity contribution is 7.89. The van der Waals surface area contributed by atoms with Crippen molar-refractivity contribution in [1.29, 1.82) is 0 Å². The van der Waals surface area contributed by atoms with Gasteiger partial charge in [-0.25, -0.2) is 13.1 Å². The van der Waals surface area contributed by atoms with E-state index in [-0.39, 0.29) is 12.4 Å². The van der Waals surface area contributed by atoms with Gasteiger partial charge in [-0.3, -0.25) is 4.79 Å². The second-order valence-electron chi connectivity index (χ2n) is 4.03. The molecule has 6 nitrogen and oxygen atoms in total. The summed E-state index contributed by atoms with van der Waals surface area (Å²) in [5, 5.41) is 8.61. The second-order valence-corrected chi connectivity index (χ2v) is 5.91. The lowest BCUT2D eigenvalue weighted by molar-refractivity contribution is -0.138. The Morgan fingerprint density at radius 2 is 2.00 bits per heavy atom. The molecule has 0 saturated carbocycles. The number of carboxylic acid groups (broad SMARTS) is 1. The lowest BCUT2D eigenvalue weighted by atomic mass is 10.2. The van der Waals surface area contributed by atoms with Crippen LogP contribution in [0.2, 0.25) is 0 Å². The Morgan fingerprint density at radius 3 is 2.58 bits per heavy atom. The van der Waals surface area contributed by atoms with Crippen LogP contribution < -0.4 is 4.72 Å². The summed E-state index contributed by atoms with van der Waals surface area (Å²) in [5.41, 5.74) is 0.951. The van der Waals surface area contributed by atoms with E-state index in [9.17, 15) is 13.2 Å². The highest BCUT2D eigenvalue weighted by Crippen LogP contribution is 2.00. The van der Waals surface area contributed by atoms with Crippen molar-refractivity contribution in [2.24, 2.45) is 0 Å². The topological polar surface area (TPSA) is 92.7 Å². The summed E-state index contributed by atoms with van der Waals surface area (Å²) < 4.78 is 30.3. The van der Waals surface area contributed by atoms with Crippen LogP contribution in [-0.4, -0.2) is 37.9 Å². The largest absolute Gasteiger partial charge is 0.480 e. The first kappa shape index (κ1) is 15.6. The van der Waals surface area contributed by atoms with Crippen LogP contribution in [0, 0.1) is 0 Å². The van der Waals surface area contributed by atoms with E-state index < -0.39 is 22.0 Å². The third-order valence-electron chi connectivity index (χ3n) is 2.33. The van der Waals surface area contributed by atoms with Gasteiger partial charge in [0.2, 0.25) is 10.0 Å². The molecule has 7 heteroatoms. The highest BCUT2D eigenvalue weighted by Gasteiger charge is 2.18. The van der Waals surface area contributed by atoms with E-state index >= 15 is 0 Å². The Labute approximate surface area is 112 Å². The molecule has 2 N–H and O–H groups in total. The number of rotatable bonds is 8. The first-order valence-electron chi connectivity index (χ1n) is 5.75. The number of carbonyl (C=O) groups is 1. The predicted octanol–water partition coefficient (Wildman–Crippen LogP) is 0.596. The summed E-state index contributed by atoms with van der Waals surface area (Å²) in [6, 6.07) is 8.22. The summed E-state index contributed by atoms with van der Waals surface area (Å²) in [6.45, 7) is 1.60. The van der Waals surface area contributed by atoms with Crippen molar-refractivity contribution in [2.45, 2.75) is 19.6 Å². The minimum atomic E-state index is -3.64. The molecule has 0 unspecified atom stereocenters. The molecular formula is C12H17NO5S. The number of sulfonamides is 1. The maximum atomic E-state index is 11.5. The number of ether oxygens (including phenoxy) is 1. The normalized spacial score (nSPS) is 13.1. The van der Waals surface area contributed by atoms with Crippen LogP contribution in [0.5, 0.6) is 0 Å². The number of hydrogen-bond acceptors (Lipinski definition) is 4. The molecule has 0 fully saturated rings. The maximum absolute atomic E-state index is 11.5. The molecule has 1 aromatic carbocycles. The zero-order chi connectivity index (χ0) is 14.3. The molecule has 0 radical (unpaired) electrons. The highest BCUT2D eigenvalue weighted by atomic mass is 32.2. The van der Waals surface area contributed by atoms with E-state index in [2.05, 4.69) is 0 Å². The van der Waals surface area contributed by atoms with Gasteiger partial charge in [0.05, 0.1) is 19.0 Å². The van der Waals surface area contributed by atoms with Gasteiger partial charge in [-0.1, -0.05) is 30.3 Å². The predicted molar refractivity (Wildman–Crippen MR) is 70.1 cm³/mol. The Balaban J connectivity index is 2.30. The van der Waals surface area contributed by atoms with Crippen molar-refractivity contribution < 1.29 is 23.1 Å². The average molecular weight is 287 g/mol. The third kappa shape index (κ3) is 6.32. The molecule has 19 heavy (non-hydrogen) atoms. The number of aliphatic carboxylic acids is 1. The van der Waals surface area contributed by atoms with Gasteiger partial charge in [-0.2, -0.15) is 0 Å². The van der Waals surface area contributed by atoms with Crippen LogP contribution in [0.4, 0.5) is 0 Å². The Hall–Kier alpha value is -1.44. The molecular weight excluding hydrogens is 270 g/mol. The Kier molecular flexibility index (Phi) is 5.94. The van der Waals surface area contributed by atoms with Gasteiger partial charge in [-0.05, 0) is 12.5 Å². The standard InChI is InChI=1S/C12H17NO5S/c1-10(12(14)15)13-19(16,17)8-7-18-9-11-5-3-2-4-6-11/h2-6,10,13H,7-9H2,1H3,(H,14,15)/t10-/m1/s1. The molecule has 0 aromatic heterocycles. The molecule has 1 rings (SSSR count). The van der Waals surface area contributed by atoms with Gasteiger partial charge in [0.15, 0.2) is 0 Å². The number of benzene rings is 1. The second kappa shape index (κ2) is 7.22. The third-order valence-corrected chi connectivity index (χ3v) is 3.75. The molecule has 0 heterocycles. The van der Waals surface area contributed by atoms with Crippen LogP contribution >= 0.6 is 0 Å². The number of hydrogen-bond donors (Lipinski definition) is 2. The Bertz CT molecular complexity index is 500. The van der Waals surface area contributed by atoms with Crippen LogP contribution in [0.3, 0.4) is 0 Å².